The highest BCUT2D eigenvalue weighted by molar-refractivity contribution is 8.00. The van der Waals surface area contributed by atoms with Crippen LogP contribution in [0.25, 0.3) is 0 Å². The van der Waals surface area contributed by atoms with Crippen LogP contribution in [-0.2, 0) is 4.79 Å². The van der Waals surface area contributed by atoms with Crippen molar-refractivity contribution in [1.29, 1.82) is 0 Å². The van der Waals surface area contributed by atoms with Crippen LogP contribution in [0.1, 0.15) is 59.4 Å². The fraction of sp³-hybridized carbons (Fsp3) is 0.857. The van der Waals surface area contributed by atoms with Crippen LogP contribution in [-0.4, -0.2) is 48.9 Å². The van der Waals surface area contributed by atoms with Gasteiger partial charge in [-0.2, -0.15) is 0 Å². The number of rotatable bonds is 5. The standard InChI is InChI=1S/C14H25N5OS/c1-5-12-8-6-7-9-18(12)13(20)11(4)21-14-15-16-17-19(14)10(2)3/h10-12H,5-9H2,1-4H3. The van der Waals surface area contributed by atoms with Gasteiger partial charge in [0.15, 0.2) is 0 Å². The summed E-state index contributed by atoms with van der Waals surface area (Å²) in [6.07, 6.45) is 4.51. The molecular formula is C14H25N5OS. The van der Waals surface area contributed by atoms with Crippen molar-refractivity contribution in [3.8, 4) is 0 Å². The monoisotopic (exact) mass is 311 g/mol. The third-order valence-corrected chi connectivity index (χ3v) is 5.00. The molecule has 0 radical (unpaired) electrons. The number of nitrogens with zero attached hydrogens (tertiary/aromatic N) is 5. The summed E-state index contributed by atoms with van der Waals surface area (Å²) in [5, 5.41) is 12.3. The van der Waals surface area contributed by atoms with Crippen LogP contribution in [0, 0.1) is 0 Å². The first-order chi connectivity index (χ1) is 10.0. The summed E-state index contributed by atoms with van der Waals surface area (Å²) in [6.45, 7) is 9.06. The number of hydrogen-bond donors (Lipinski definition) is 0. The fourth-order valence-corrected chi connectivity index (χ4v) is 3.74. The highest BCUT2D eigenvalue weighted by Crippen LogP contribution is 2.27. The number of amides is 1. The Bertz CT molecular complexity index is 476. The number of thioether (sulfide) groups is 1. The van der Waals surface area contributed by atoms with E-state index in [1.54, 1.807) is 4.68 Å². The van der Waals surface area contributed by atoms with E-state index in [0.29, 0.717) is 6.04 Å². The van der Waals surface area contributed by atoms with Crippen molar-refractivity contribution in [2.24, 2.45) is 0 Å². The van der Waals surface area contributed by atoms with Crippen molar-refractivity contribution >= 4 is 17.7 Å². The van der Waals surface area contributed by atoms with E-state index in [1.165, 1.54) is 18.2 Å². The van der Waals surface area contributed by atoms with Gasteiger partial charge in [-0.3, -0.25) is 4.79 Å². The molecule has 1 aliphatic heterocycles. The van der Waals surface area contributed by atoms with Crippen LogP contribution in [0.5, 0.6) is 0 Å². The van der Waals surface area contributed by atoms with Crippen LogP contribution in [0.15, 0.2) is 5.16 Å². The maximum Gasteiger partial charge on any atom is 0.236 e. The topological polar surface area (TPSA) is 63.9 Å². The lowest BCUT2D eigenvalue weighted by Gasteiger charge is -2.36. The summed E-state index contributed by atoms with van der Waals surface area (Å²) in [7, 11) is 0. The van der Waals surface area contributed by atoms with E-state index in [9.17, 15) is 4.79 Å². The molecule has 1 fully saturated rings. The van der Waals surface area contributed by atoms with Gasteiger partial charge in [0.25, 0.3) is 0 Å². The van der Waals surface area contributed by atoms with Gasteiger partial charge in [-0.1, -0.05) is 18.7 Å². The lowest BCUT2D eigenvalue weighted by Crippen LogP contribution is -2.46. The van der Waals surface area contributed by atoms with Crippen LogP contribution >= 0.6 is 11.8 Å². The molecule has 2 unspecified atom stereocenters. The molecule has 0 aromatic carbocycles. The molecule has 0 saturated carbocycles. The highest BCUT2D eigenvalue weighted by atomic mass is 32.2. The van der Waals surface area contributed by atoms with Gasteiger partial charge in [0.1, 0.15) is 0 Å². The Morgan fingerprint density at radius 2 is 2.14 bits per heavy atom. The summed E-state index contributed by atoms with van der Waals surface area (Å²) < 4.78 is 1.77. The Balaban J connectivity index is 2.03. The third kappa shape index (κ3) is 3.75. The van der Waals surface area contributed by atoms with E-state index in [1.807, 2.05) is 20.8 Å². The predicted molar refractivity (Wildman–Crippen MR) is 83.2 cm³/mol. The number of aromatic nitrogens is 4. The van der Waals surface area contributed by atoms with E-state index in [2.05, 4.69) is 27.3 Å². The molecular weight excluding hydrogens is 286 g/mol. The largest absolute Gasteiger partial charge is 0.339 e. The Hall–Kier alpha value is -1.11. The molecule has 0 N–H and O–H groups in total. The molecule has 0 aliphatic carbocycles. The molecule has 2 rings (SSSR count). The second-order valence-electron chi connectivity index (χ2n) is 5.85. The number of carbonyl (C=O) groups excluding carboxylic acids is 1. The summed E-state index contributed by atoms with van der Waals surface area (Å²) >= 11 is 1.46. The minimum absolute atomic E-state index is 0.152. The number of piperidine rings is 1. The molecule has 1 saturated heterocycles. The lowest BCUT2D eigenvalue weighted by molar-refractivity contribution is -0.134. The summed E-state index contributed by atoms with van der Waals surface area (Å²) in [4.78, 5) is 14.8. The highest BCUT2D eigenvalue weighted by Gasteiger charge is 2.30. The molecule has 6 nitrogen and oxygen atoms in total. The SMILES string of the molecule is CCC1CCCCN1C(=O)C(C)Sc1nnnn1C(C)C. The van der Waals surface area contributed by atoms with Crippen molar-refractivity contribution in [2.75, 3.05) is 6.54 Å². The van der Waals surface area contributed by atoms with Crippen LogP contribution < -0.4 is 0 Å². The van der Waals surface area contributed by atoms with Crippen molar-refractivity contribution < 1.29 is 4.79 Å². The molecule has 1 aromatic rings. The van der Waals surface area contributed by atoms with E-state index >= 15 is 0 Å². The zero-order valence-electron chi connectivity index (χ0n) is 13.3. The van der Waals surface area contributed by atoms with Crippen LogP contribution in [0.3, 0.4) is 0 Å². The minimum atomic E-state index is -0.152. The minimum Gasteiger partial charge on any atom is -0.339 e. The first-order valence-electron chi connectivity index (χ1n) is 7.79. The summed E-state index contributed by atoms with van der Waals surface area (Å²) in [5.74, 6) is 0.213. The quantitative estimate of drug-likeness (QED) is 0.782. The zero-order valence-corrected chi connectivity index (χ0v) is 14.1. The number of hydrogen-bond acceptors (Lipinski definition) is 5. The fourth-order valence-electron chi connectivity index (χ4n) is 2.74. The molecule has 1 amide bonds. The van der Waals surface area contributed by atoms with Gasteiger partial charge in [-0.05, 0) is 56.9 Å². The number of likely N-dealkylation sites (tertiary alicyclic amines) is 1. The van der Waals surface area contributed by atoms with E-state index < -0.39 is 0 Å². The van der Waals surface area contributed by atoms with Gasteiger partial charge < -0.3 is 4.90 Å². The molecule has 7 heteroatoms. The summed E-state index contributed by atoms with van der Waals surface area (Å²) in [6, 6.07) is 0.596. The van der Waals surface area contributed by atoms with Crippen molar-refractivity contribution in [3.05, 3.63) is 0 Å². The van der Waals surface area contributed by atoms with Gasteiger partial charge in [0, 0.05) is 12.6 Å². The zero-order chi connectivity index (χ0) is 15.4. The van der Waals surface area contributed by atoms with Gasteiger partial charge in [0.05, 0.1) is 11.3 Å². The Kier molecular flexibility index (Phi) is 5.61. The van der Waals surface area contributed by atoms with Gasteiger partial charge >= 0.3 is 0 Å². The summed E-state index contributed by atoms with van der Waals surface area (Å²) in [5.41, 5.74) is 0. The predicted octanol–water partition coefficient (Wildman–Crippen LogP) is 2.53. The Morgan fingerprint density at radius 3 is 2.81 bits per heavy atom. The first-order valence-corrected chi connectivity index (χ1v) is 8.67. The third-order valence-electron chi connectivity index (χ3n) is 3.96. The number of carbonyl (C=O) groups is 1. The molecule has 2 atom stereocenters. The second kappa shape index (κ2) is 7.24. The van der Waals surface area contributed by atoms with E-state index in [4.69, 9.17) is 0 Å². The van der Waals surface area contributed by atoms with Crippen molar-refractivity contribution in [2.45, 2.75) is 75.9 Å². The van der Waals surface area contributed by atoms with E-state index in [-0.39, 0.29) is 17.2 Å². The van der Waals surface area contributed by atoms with Gasteiger partial charge in [0.2, 0.25) is 11.1 Å². The number of tetrazole rings is 1. The van der Waals surface area contributed by atoms with Crippen LogP contribution in [0.4, 0.5) is 0 Å². The Labute approximate surface area is 130 Å². The first kappa shape index (κ1) is 16.3. The van der Waals surface area contributed by atoms with Gasteiger partial charge in [-0.15, -0.1) is 5.10 Å². The van der Waals surface area contributed by atoms with Gasteiger partial charge in [-0.25, -0.2) is 4.68 Å². The Morgan fingerprint density at radius 1 is 1.38 bits per heavy atom. The maximum atomic E-state index is 12.7. The molecule has 0 bridgehead atoms. The molecule has 21 heavy (non-hydrogen) atoms. The molecule has 118 valence electrons. The van der Waals surface area contributed by atoms with E-state index in [0.717, 1.165) is 31.0 Å². The normalized spacial score (nSPS) is 20.8. The maximum absolute atomic E-state index is 12.7. The molecule has 1 aliphatic rings. The molecule has 1 aromatic heterocycles. The average molecular weight is 311 g/mol. The average Bonchev–Trinajstić information content (AvgIpc) is 2.94. The van der Waals surface area contributed by atoms with Crippen molar-refractivity contribution in [3.63, 3.8) is 0 Å². The van der Waals surface area contributed by atoms with Crippen LogP contribution in [0.2, 0.25) is 0 Å². The molecule has 2 heterocycles. The lowest BCUT2D eigenvalue weighted by atomic mass is 10.00. The second-order valence-corrected chi connectivity index (χ2v) is 7.16. The smallest absolute Gasteiger partial charge is 0.236 e. The molecule has 0 spiro atoms. The van der Waals surface area contributed by atoms with Crippen molar-refractivity contribution in [1.82, 2.24) is 25.1 Å².